The van der Waals surface area contributed by atoms with Crippen LogP contribution in [0.1, 0.15) is 12.7 Å². The number of nitrogens with one attached hydrogen (secondary N) is 2. The van der Waals surface area contributed by atoms with Gasteiger partial charge in [-0.2, -0.15) is 5.10 Å². The van der Waals surface area contributed by atoms with E-state index >= 15 is 0 Å². The van der Waals surface area contributed by atoms with Crippen LogP contribution in [0.5, 0.6) is 0 Å². The Morgan fingerprint density at radius 3 is 2.58 bits per heavy atom. The number of furan rings is 1. The molecule has 0 aliphatic heterocycles. The molecule has 0 bridgehead atoms. The van der Waals surface area contributed by atoms with Gasteiger partial charge < -0.3 is 4.42 Å². The number of benzene rings is 3. The number of hydrogen-bond donors (Lipinski definition) is 2. The molecule has 0 atom stereocenters. The second kappa shape index (κ2) is 8.93. The van der Waals surface area contributed by atoms with Gasteiger partial charge >= 0.3 is 0 Å². The van der Waals surface area contributed by atoms with Gasteiger partial charge in [-0.05, 0) is 49.4 Å². The highest BCUT2D eigenvalue weighted by Gasteiger charge is 2.22. The zero-order valence-corrected chi connectivity index (χ0v) is 18.7. The number of halogens is 1. The summed E-state index contributed by atoms with van der Waals surface area (Å²) in [6, 6.07) is 18.9. The highest BCUT2D eigenvalue weighted by atomic mass is 35.5. The Balaban J connectivity index is 1.60. The Labute approximate surface area is 193 Å². The zero-order valence-electron chi connectivity index (χ0n) is 17.2. The molecular formula is C22H17ClN4O5S. The summed E-state index contributed by atoms with van der Waals surface area (Å²) in [7, 11) is -4.08. The lowest BCUT2D eigenvalue weighted by Gasteiger charge is -2.10. The van der Waals surface area contributed by atoms with E-state index in [1.165, 1.54) is 24.3 Å². The Hall–Kier alpha value is -3.89. The normalized spacial score (nSPS) is 12.0. The number of nitro groups is 1. The fraction of sp³-hybridized carbons (Fsp3) is 0.0455. The van der Waals surface area contributed by atoms with Gasteiger partial charge in [0.1, 0.15) is 17.0 Å². The molecule has 9 nitrogen and oxygen atoms in total. The molecule has 0 amide bonds. The molecule has 0 unspecified atom stereocenters. The molecule has 0 radical (unpaired) electrons. The third kappa shape index (κ3) is 4.97. The van der Waals surface area contributed by atoms with Crippen LogP contribution < -0.4 is 10.1 Å². The van der Waals surface area contributed by atoms with Crippen molar-refractivity contribution in [2.45, 2.75) is 11.8 Å². The van der Waals surface area contributed by atoms with Gasteiger partial charge in [0.25, 0.3) is 15.7 Å². The Kier molecular flexibility index (Phi) is 6.03. The number of hydrogen-bond acceptors (Lipinski definition) is 7. The summed E-state index contributed by atoms with van der Waals surface area (Å²) in [5.41, 5.74) is 3.58. The summed E-state index contributed by atoms with van der Waals surface area (Å²) in [4.78, 5) is 10.6. The molecular weight excluding hydrogens is 468 g/mol. The average molecular weight is 485 g/mol. The first-order chi connectivity index (χ1) is 15.7. The van der Waals surface area contributed by atoms with Crippen LogP contribution in [0.25, 0.3) is 11.0 Å². The average Bonchev–Trinajstić information content (AvgIpc) is 3.21. The predicted octanol–water partition coefficient (Wildman–Crippen LogP) is 5.63. The van der Waals surface area contributed by atoms with Crippen LogP contribution in [0.4, 0.5) is 17.1 Å². The van der Waals surface area contributed by atoms with Crippen LogP contribution in [-0.4, -0.2) is 19.1 Å². The first-order valence-electron chi connectivity index (χ1n) is 9.59. The third-order valence-corrected chi connectivity index (χ3v) is 6.29. The number of para-hydroxylation sites is 1. The van der Waals surface area contributed by atoms with Crippen molar-refractivity contribution >= 4 is 55.4 Å². The first kappa shape index (κ1) is 22.3. The molecule has 0 fully saturated rings. The smallest absolute Gasteiger partial charge is 0.295 e. The maximum atomic E-state index is 12.7. The van der Waals surface area contributed by atoms with Gasteiger partial charge in [-0.3, -0.25) is 20.3 Å². The van der Waals surface area contributed by atoms with Crippen LogP contribution in [0, 0.1) is 10.1 Å². The minimum absolute atomic E-state index is 0.0252. The summed E-state index contributed by atoms with van der Waals surface area (Å²) in [6.45, 7) is 1.68. The van der Waals surface area contributed by atoms with Crippen molar-refractivity contribution in [3.63, 3.8) is 0 Å². The largest absolute Gasteiger partial charge is 0.455 e. The van der Waals surface area contributed by atoms with E-state index in [1.807, 2.05) is 24.3 Å². The number of rotatable bonds is 7. The Morgan fingerprint density at radius 2 is 1.85 bits per heavy atom. The highest BCUT2D eigenvalue weighted by Crippen LogP contribution is 2.29. The lowest BCUT2D eigenvalue weighted by Crippen LogP contribution is -2.13. The maximum Gasteiger partial charge on any atom is 0.295 e. The van der Waals surface area contributed by atoms with Crippen molar-refractivity contribution in [3.8, 4) is 0 Å². The maximum absolute atomic E-state index is 12.7. The quantitative estimate of drug-likeness (QED) is 0.199. The molecule has 0 aliphatic carbocycles. The summed E-state index contributed by atoms with van der Waals surface area (Å²) >= 11 is 5.88. The second-order valence-electron chi connectivity index (χ2n) is 7.01. The van der Waals surface area contributed by atoms with E-state index in [4.69, 9.17) is 16.0 Å². The summed E-state index contributed by atoms with van der Waals surface area (Å²) in [5.74, 6) is 0.497. The van der Waals surface area contributed by atoms with Gasteiger partial charge in [-0.25, -0.2) is 8.42 Å². The summed E-state index contributed by atoms with van der Waals surface area (Å²) in [6.07, 6.45) is 0. The van der Waals surface area contributed by atoms with E-state index in [-0.39, 0.29) is 16.3 Å². The van der Waals surface area contributed by atoms with Crippen molar-refractivity contribution < 1.29 is 17.8 Å². The van der Waals surface area contributed by atoms with E-state index in [1.54, 1.807) is 25.1 Å². The number of anilines is 2. The van der Waals surface area contributed by atoms with Crippen molar-refractivity contribution in [2.75, 3.05) is 10.1 Å². The molecule has 0 aliphatic rings. The van der Waals surface area contributed by atoms with Crippen molar-refractivity contribution in [3.05, 3.63) is 93.7 Å². The van der Waals surface area contributed by atoms with E-state index in [0.717, 1.165) is 11.5 Å². The van der Waals surface area contributed by atoms with Crippen molar-refractivity contribution in [2.24, 2.45) is 5.10 Å². The molecule has 4 aromatic rings. The van der Waals surface area contributed by atoms with E-state index < -0.39 is 20.6 Å². The number of nitro benzene ring substituents is 1. The number of fused-ring (bicyclic) bond motifs is 1. The molecule has 4 rings (SSSR count). The van der Waals surface area contributed by atoms with Gasteiger partial charge in [0.2, 0.25) is 0 Å². The number of nitrogens with zero attached hydrogens (tertiary/aromatic N) is 2. The van der Waals surface area contributed by atoms with E-state index in [2.05, 4.69) is 15.2 Å². The lowest BCUT2D eigenvalue weighted by atomic mass is 10.2. The fourth-order valence-electron chi connectivity index (χ4n) is 3.05. The molecule has 11 heteroatoms. The molecule has 33 heavy (non-hydrogen) atoms. The van der Waals surface area contributed by atoms with Crippen molar-refractivity contribution in [1.82, 2.24) is 0 Å². The van der Waals surface area contributed by atoms with Gasteiger partial charge in [0.15, 0.2) is 5.76 Å². The molecule has 0 saturated heterocycles. The summed E-state index contributed by atoms with van der Waals surface area (Å²) in [5, 5.41) is 17.0. The number of hydrazone groups is 1. The minimum atomic E-state index is -4.08. The molecule has 1 heterocycles. The minimum Gasteiger partial charge on any atom is -0.455 e. The van der Waals surface area contributed by atoms with Crippen LogP contribution in [0.3, 0.4) is 0 Å². The number of sulfonamides is 1. The molecule has 3 aromatic carbocycles. The molecule has 0 saturated carbocycles. The second-order valence-corrected chi connectivity index (χ2v) is 9.13. The SMILES string of the molecule is CC(=NNc1ccc(S(=O)(=O)Nc2cccc(Cl)c2)cc1[N+](=O)[O-])c1cc2ccccc2o1. The van der Waals surface area contributed by atoms with Gasteiger partial charge in [0.05, 0.1) is 15.5 Å². The van der Waals surface area contributed by atoms with Crippen molar-refractivity contribution in [1.29, 1.82) is 0 Å². The van der Waals surface area contributed by atoms with Gasteiger partial charge in [-0.1, -0.05) is 35.9 Å². The van der Waals surface area contributed by atoms with Crippen LogP contribution >= 0.6 is 11.6 Å². The van der Waals surface area contributed by atoms with Gasteiger partial charge in [0, 0.05) is 16.5 Å². The lowest BCUT2D eigenvalue weighted by molar-refractivity contribution is -0.384. The summed E-state index contributed by atoms with van der Waals surface area (Å²) < 4.78 is 33.5. The van der Waals surface area contributed by atoms with E-state index in [0.29, 0.717) is 22.1 Å². The Bertz CT molecular complexity index is 1460. The van der Waals surface area contributed by atoms with Gasteiger partial charge in [-0.15, -0.1) is 0 Å². The molecule has 0 spiro atoms. The third-order valence-electron chi connectivity index (χ3n) is 4.68. The standard InChI is InChI=1S/C22H17ClN4O5S/c1-14(22-11-15-5-2-3-8-21(15)32-22)24-25-19-10-9-18(13-20(19)27(28)29)33(30,31)26-17-7-4-6-16(23)12-17/h2-13,25-26H,1H3. The Morgan fingerprint density at radius 1 is 1.06 bits per heavy atom. The molecule has 168 valence electrons. The van der Waals surface area contributed by atoms with Crippen LogP contribution in [0.15, 0.2) is 87.2 Å². The monoisotopic (exact) mass is 484 g/mol. The molecule has 2 N–H and O–H groups in total. The molecule has 1 aromatic heterocycles. The highest BCUT2D eigenvalue weighted by molar-refractivity contribution is 7.92. The zero-order chi connectivity index (χ0) is 23.6. The first-order valence-corrected chi connectivity index (χ1v) is 11.5. The van der Waals surface area contributed by atoms with E-state index in [9.17, 15) is 18.5 Å². The fourth-order valence-corrected chi connectivity index (χ4v) is 4.31. The van der Waals surface area contributed by atoms with Crippen LogP contribution in [-0.2, 0) is 10.0 Å². The topological polar surface area (TPSA) is 127 Å². The predicted molar refractivity (Wildman–Crippen MR) is 127 cm³/mol. The van der Waals surface area contributed by atoms with Crippen LogP contribution in [0.2, 0.25) is 5.02 Å².